The van der Waals surface area contributed by atoms with Gasteiger partial charge in [-0.2, -0.15) is 0 Å². The Kier molecular flexibility index (Phi) is 2.72. The molecule has 0 N–H and O–H groups in total. The number of hydrogen-bond donors (Lipinski definition) is 0. The molecule has 1 saturated carbocycles. The fourth-order valence-corrected chi connectivity index (χ4v) is 3.30. The summed E-state index contributed by atoms with van der Waals surface area (Å²) in [7, 11) is 0. The molecule has 2 rings (SSSR count). The smallest absolute Gasteiger partial charge is 0.0123 e. The summed E-state index contributed by atoms with van der Waals surface area (Å²) in [6.45, 7) is 4.13. The molecule has 1 nitrogen and oxygen atoms in total. The molecule has 11 heavy (non-hydrogen) atoms. The van der Waals surface area contributed by atoms with Crippen LogP contribution in [0.5, 0.6) is 0 Å². The van der Waals surface area contributed by atoms with Gasteiger partial charge in [-0.25, -0.2) is 0 Å². The van der Waals surface area contributed by atoms with Gasteiger partial charge in [-0.05, 0) is 31.1 Å². The third-order valence-corrected chi connectivity index (χ3v) is 3.57. The van der Waals surface area contributed by atoms with Crippen molar-refractivity contribution in [3.05, 3.63) is 0 Å². The van der Waals surface area contributed by atoms with Gasteiger partial charge in [-0.1, -0.05) is 22.6 Å². The summed E-state index contributed by atoms with van der Waals surface area (Å²) < 4.78 is 1.30. The number of hydrogen-bond acceptors (Lipinski definition) is 1. The second-order valence-corrected chi connectivity index (χ2v) is 5.07. The molecule has 1 aliphatic carbocycles. The zero-order valence-electron chi connectivity index (χ0n) is 6.93. The first kappa shape index (κ1) is 8.30. The van der Waals surface area contributed by atoms with E-state index in [4.69, 9.17) is 0 Å². The Morgan fingerprint density at radius 3 is 2.36 bits per heavy atom. The number of halogens is 1. The van der Waals surface area contributed by atoms with Crippen molar-refractivity contribution >= 4 is 22.6 Å². The molecule has 1 heterocycles. The highest BCUT2D eigenvalue weighted by Gasteiger charge is 2.32. The van der Waals surface area contributed by atoms with Crippen LogP contribution in [-0.4, -0.2) is 29.0 Å². The van der Waals surface area contributed by atoms with Crippen LogP contribution in [0, 0.1) is 11.8 Å². The molecule has 2 heteroatoms. The molecule has 2 fully saturated rings. The Bertz CT molecular complexity index is 126. The van der Waals surface area contributed by atoms with Crippen LogP contribution in [0.3, 0.4) is 0 Å². The Morgan fingerprint density at radius 1 is 1.18 bits per heavy atom. The van der Waals surface area contributed by atoms with E-state index in [0.717, 1.165) is 11.8 Å². The van der Waals surface area contributed by atoms with Crippen molar-refractivity contribution in [2.75, 3.05) is 24.1 Å². The van der Waals surface area contributed by atoms with E-state index in [2.05, 4.69) is 27.5 Å². The maximum absolute atomic E-state index is 2.66. The van der Waals surface area contributed by atoms with Crippen molar-refractivity contribution in [2.24, 2.45) is 11.8 Å². The van der Waals surface area contributed by atoms with Crippen LogP contribution < -0.4 is 0 Å². The number of fused-ring (bicyclic) bond motifs is 2. The lowest BCUT2D eigenvalue weighted by Gasteiger charge is -2.31. The van der Waals surface area contributed by atoms with Gasteiger partial charge >= 0.3 is 0 Å². The van der Waals surface area contributed by atoms with Gasteiger partial charge in [0.15, 0.2) is 0 Å². The van der Waals surface area contributed by atoms with Crippen molar-refractivity contribution in [3.8, 4) is 0 Å². The molecule has 64 valence electrons. The number of rotatable bonds is 2. The van der Waals surface area contributed by atoms with E-state index in [9.17, 15) is 0 Å². The van der Waals surface area contributed by atoms with Gasteiger partial charge in [0.25, 0.3) is 0 Å². The van der Waals surface area contributed by atoms with Gasteiger partial charge in [0.1, 0.15) is 0 Å². The third-order valence-electron chi connectivity index (χ3n) is 3.08. The Balaban J connectivity index is 1.87. The average Bonchev–Trinajstić information content (AvgIpc) is 2.32. The molecule has 0 amide bonds. The first-order valence-corrected chi connectivity index (χ1v) is 6.19. The number of piperidine rings is 1. The molecular formula is C9H16IN. The lowest BCUT2D eigenvalue weighted by atomic mass is 9.99. The standard InChI is InChI=1S/C9H16IN/c10-3-4-11-6-8-1-2-9(5-8)7-11/h8-9H,1-7H2. The molecule has 2 atom stereocenters. The SMILES string of the molecule is ICCN1CC2CCC(C2)C1. The van der Waals surface area contributed by atoms with Crippen LogP contribution in [0.25, 0.3) is 0 Å². The zero-order chi connectivity index (χ0) is 7.68. The molecule has 2 bridgehead atoms. The first-order valence-electron chi connectivity index (χ1n) is 4.67. The largest absolute Gasteiger partial charge is 0.302 e. The van der Waals surface area contributed by atoms with Gasteiger partial charge in [0.2, 0.25) is 0 Å². The lowest BCUT2D eigenvalue weighted by Crippen LogP contribution is -2.37. The minimum Gasteiger partial charge on any atom is -0.302 e. The van der Waals surface area contributed by atoms with E-state index in [-0.39, 0.29) is 0 Å². The minimum atomic E-state index is 1.07. The van der Waals surface area contributed by atoms with Crippen molar-refractivity contribution in [3.63, 3.8) is 0 Å². The summed E-state index contributed by atoms with van der Waals surface area (Å²) in [6, 6.07) is 0. The van der Waals surface area contributed by atoms with E-state index < -0.39 is 0 Å². The highest BCUT2D eigenvalue weighted by molar-refractivity contribution is 14.1. The summed E-state index contributed by atoms with van der Waals surface area (Å²) in [6.07, 6.45) is 4.57. The van der Waals surface area contributed by atoms with Crippen molar-refractivity contribution in [2.45, 2.75) is 19.3 Å². The summed E-state index contributed by atoms with van der Waals surface area (Å²) in [5.41, 5.74) is 0. The van der Waals surface area contributed by atoms with Crippen molar-refractivity contribution < 1.29 is 0 Å². The molecule has 0 aromatic heterocycles. The molecule has 1 saturated heterocycles. The lowest BCUT2D eigenvalue weighted by molar-refractivity contribution is 0.178. The fourth-order valence-electron chi connectivity index (χ4n) is 2.62. The second kappa shape index (κ2) is 3.60. The fraction of sp³-hybridized carbons (Fsp3) is 1.00. The van der Waals surface area contributed by atoms with Crippen LogP contribution in [-0.2, 0) is 0 Å². The van der Waals surface area contributed by atoms with Gasteiger partial charge < -0.3 is 4.90 Å². The summed E-state index contributed by atoms with van der Waals surface area (Å²) in [4.78, 5) is 2.66. The van der Waals surface area contributed by atoms with E-state index in [0.29, 0.717) is 0 Å². The van der Waals surface area contributed by atoms with E-state index in [1.807, 2.05) is 0 Å². The molecule has 0 aromatic carbocycles. The Hall–Kier alpha value is 0.690. The molecule has 0 aromatic rings. The monoisotopic (exact) mass is 265 g/mol. The molecule has 0 spiro atoms. The van der Waals surface area contributed by atoms with E-state index in [1.54, 1.807) is 0 Å². The highest BCUT2D eigenvalue weighted by atomic mass is 127. The molecule has 1 aliphatic heterocycles. The van der Waals surface area contributed by atoms with E-state index >= 15 is 0 Å². The van der Waals surface area contributed by atoms with Gasteiger partial charge in [0, 0.05) is 24.1 Å². The average molecular weight is 265 g/mol. The van der Waals surface area contributed by atoms with Gasteiger partial charge in [-0.15, -0.1) is 0 Å². The predicted molar refractivity (Wildman–Crippen MR) is 56.2 cm³/mol. The predicted octanol–water partition coefficient (Wildman–Crippen LogP) is 2.15. The first-order chi connectivity index (χ1) is 5.38. The summed E-state index contributed by atoms with van der Waals surface area (Å²) in [5.74, 6) is 2.13. The number of nitrogens with zero attached hydrogens (tertiary/aromatic N) is 1. The second-order valence-electron chi connectivity index (χ2n) is 3.99. The molecule has 0 radical (unpaired) electrons. The molecular weight excluding hydrogens is 249 g/mol. The van der Waals surface area contributed by atoms with Crippen LogP contribution in [0.15, 0.2) is 0 Å². The quantitative estimate of drug-likeness (QED) is 0.546. The normalized spacial score (nSPS) is 37.9. The summed E-state index contributed by atoms with van der Waals surface area (Å²) >= 11 is 2.48. The van der Waals surface area contributed by atoms with E-state index in [1.165, 1.54) is 43.3 Å². The maximum Gasteiger partial charge on any atom is 0.0123 e. The molecule has 2 unspecified atom stereocenters. The zero-order valence-corrected chi connectivity index (χ0v) is 9.09. The molecule has 2 aliphatic rings. The van der Waals surface area contributed by atoms with Gasteiger partial charge in [-0.3, -0.25) is 0 Å². The summed E-state index contributed by atoms with van der Waals surface area (Å²) in [5, 5.41) is 0. The minimum absolute atomic E-state index is 1.07. The highest BCUT2D eigenvalue weighted by Crippen LogP contribution is 2.35. The number of alkyl halides is 1. The van der Waals surface area contributed by atoms with Crippen LogP contribution in [0.1, 0.15) is 19.3 Å². The van der Waals surface area contributed by atoms with Crippen molar-refractivity contribution in [1.82, 2.24) is 4.90 Å². The topological polar surface area (TPSA) is 3.24 Å². The van der Waals surface area contributed by atoms with Crippen molar-refractivity contribution in [1.29, 1.82) is 0 Å². The third kappa shape index (κ3) is 1.89. The van der Waals surface area contributed by atoms with Crippen LogP contribution in [0.2, 0.25) is 0 Å². The van der Waals surface area contributed by atoms with Gasteiger partial charge in [0.05, 0.1) is 0 Å². The Morgan fingerprint density at radius 2 is 1.82 bits per heavy atom. The van der Waals surface area contributed by atoms with Crippen LogP contribution >= 0.6 is 22.6 Å². The maximum atomic E-state index is 2.66. The van der Waals surface area contributed by atoms with Crippen LogP contribution in [0.4, 0.5) is 0 Å². The Labute approximate surface area is 82.7 Å². The number of likely N-dealkylation sites (tertiary alicyclic amines) is 1.